The molecular weight excluding hydrogens is 397 g/mol. The van der Waals surface area contributed by atoms with E-state index in [1.165, 1.54) is 19.1 Å². The molecule has 0 fully saturated rings. The molecule has 2 aromatic carbocycles. The van der Waals surface area contributed by atoms with E-state index < -0.39 is 17.6 Å². The van der Waals surface area contributed by atoms with E-state index >= 15 is 0 Å². The molecule has 1 aromatic heterocycles. The van der Waals surface area contributed by atoms with Crippen molar-refractivity contribution in [2.75, 3.05) is 0 Å². The molecule has 6 nitrogen and oxygen atoms in total. The molecule has 156 valence electrons. The molecule has 0 unspecified atom stereocenters. The van der Waals surface area contributed by atoms with Gasteiger partial charge in [0.05, 0.1) is 17.4 Å². The van der Waals surface area contributed by atoms with Crippen molar-refractivity contribution in [2.24, 2.45) is 0 Å². The van der Waals surface area contributed by atoms with Gasteiger partial charge in [-0.3, -0.25) is 9.59 Å². The number of rotatable bonds is 6. The van der Waals surface area contributed by atoms with Crippen molar-refractivity contribution in [3.05, 3.63) is 83.2 Å². The van der Waals surface area contributed by atoms with Crippen LogP contribution in [-0.2, 0) is 24.1 Å². The van der Waals surface area contributed by atoms with Crippen molar-refractivity contribution >= 4 is 11.8 Å². The van der Waals surface area contributed by atoms with E-state index in [-0.39, 0.29) is 12.5 Å². The van der Waals surface area contributed by atoms with Crippen LogP contribution in [0, 0.1) is 0 Å². The second-order valence-corrected chi connectivity index (χ2v) is 6.63. The molecule has 2 N–H and O–H groups in total. The van der Waals surface area contributed by atoms with Crippen molar-refractivity contribution in [3.63, 3.8) is 0 Å². The van der Waals surface area contributed by atoms with Crippen molar-refractivity contribution in [3.8, 4) is 5.69 Å². The predicted octanol–water partition coefficient (Wildman–Crippen LogP) is 3.46. The standard InChI is InChI=1S/C21H19F3N4O2/c1-14(29)25-11-16-12-27-28(13-16)19-7-5-17(6-8-19)20(30)26-10-15-3-2-4-18(9-15)21(22,23)24/h2-9,12-13H,10-11H2,1H3,(H,25,29)(H,26,30). The summed E-state index contributed by atoms with van der Waals surface area (Å²) in [5.74, 6) is -0.533. The van der Waals surface area contributed by atoms with Crippen molar-refractivity contribution in [2.45, 2.75) is 26.2 Å². The van der Waals surface area contributed by atoms with E-state index in [9.17, 15) is 22.8 Å². The number of aromatic nitrogens is 2. The zero-order valence-electron chi connectivity index (χ0n) is 16.0. The number of carbonyl (C=O) groups excluding carboxylic acids is 2. The molecular formula is C21H19F3N4O2. The van der Waals surface area contributed by atoms with E-state index in [1.807, 2.05) is 0 Å². The SMILES string of the molecule is CC(=O)NCc1cnn(-c2ccc(C(=O)NCc3cccc(C(F)(F)F)c3)cc2)c1. The highest BCUT2D eigenvalue weighted by Gasteiger charge is 2.30. The van der Waals surface area contributed by atoms with Gasteiger partial charge < -0.3 is 10.6 Å². The van der Waals surface area contributed by atoms with E-state index in [0.717, 1.165) is 23.4 Å². The lowest BCUT2D eigenvalue weighted by Gasteiger charge is -2.10. The summed E-state index contributed by atoms with van der Waals surface area (Å²) >= 11 is 0. The van der Waals surface area contributed by atoms with E-state index in [4.69, 9.17) is 0 Å². The van der Waals surface area contributed by atoms with Crippen LogP contribution in [0.5, 0.6) is 0 Å². The van der Waals surface area contributed by atoms with E-state index in [2.05, 4.69) is 15.7 Å². The van der Waals surface area contributed by atoms with Crippen LogP contribution in [0.15, 0.2) is 60.9 Å². The third-order valence-corrected chi connectivity index (χ3v) is 4.28. The lowest BCUT2D eigenvalue weighted by atomic mass is 10.1. The van der Waals surface area contributed by atoms with Gasteiger partial charge in [0.2, 0.25) is 5.91 Å². The number of hydrogen-bond donors (Lipinski definition) is 2. The van der Waals surface area contributed by atoms with Crippen LogP contribution in [0.3, 0.4) is 0 Å². The van der Waals surface area contributed by atoms with Gasteiger partial charge in [-0.05, 0) is 42.0 Å². The molecule has 0 spiro atoms. The fraction of sp³-hybridized carbons (Fsp3) is 0.190. The first kappa shape index (κ1) is 21.1. The maximum absolute atomic E-state index is 12.8. The summed E-state index contributed by atoms with van der Waals surface area (Å²) in [7, 11) is 0. The lowest BCUT2D eigenvalue weighted by Crippen LogP contribution is -2.23. The van der Waals surface area contributed by atoms with Gasteiger partial charge in [-0.2, -0.15) is 18.3 Å². The fourth-order valence-corrected chi connectivity index (χ4v) is 2.73. The molecule has 2 amide bonds. The molecule has 0 aliphatic heterocycles. The summed E-state index contributed by atoms with van der Waals surface area (Å²) in [5, 5.41) is 9.51. The van der Waals surface area contributed by atoms with Crippen molar-refractivity contribution < 1.29 is 22.8 Å². The smallest absolute Gasteiger partial charge is 0.352 e. The van der Waals surface area contributed by atoms with Gasteiger partial charge in [0.15, 0.2) is 0 Å². The molecule has 0 atom stereocenters. The number of benzene rings is 2. The third kappa shape index (κ3) is 5.47. The Kier molecular flexibility index (Phi) is 6.20. The molecule has 0 bridgehead atoms. The van der Waals surface area contributed by atoms with Gasteiger partial charge in [0.1, 0.15) is 0 Å². The molecule has 9 heteroatoms. The minimum Gasteiger partial charge on any atom is -0.352 e. The number of amides is 2. The normalized spacial score (nSPS) is 11.2. The highest BCUT2D eigenvalue weighted by Crippen LogP contribution is 2.29. The zero-order valence-corrected chi connectivity index (χ0v) is 16.0. The van der Waals surface area contributed by atoms with E-state index in [0.29, 0.717) is 17.7 Å². The molecule has 0 aliphatic rings. The first-order valence-corrected chi connectivity index (χ1v) is 9.05. The topological polar surface area (TPSA) is 76.0 Å². The van der Waals surface area contributed by atoms with Crippen LogP contribution in [0.1, 0.15) is 34.0 Å². The Labute approximate surface area is 170 Å². The van der Waals surface area contributed by atoms with Crippen LogP contribution in [-0.4, -0.2) is 21.6 Å². The fourth-order valence-electron chi connectivity index (χ4n) is 2.73. The Morgan fingerprint density at radius 2 is 1.70 bits per heavy atom. The molecule has 0 aliphatic carbocycles. The van der Waals surface area contributed by atoms with Gasteiger partial charge >= 0.3 is 6.18 Å². The van der Waals surface area contributed by atoms with Gasteiger partial charge in [-0.25, -0.2) is 4.68 Å². The predicted molar refractivity (Wildman–Crippen MR) is 104 cm³/mol. The van der Waals surface area contributed by atoms with Crippen LogP contribution in [0.2, 0.25) is 0 Å². The highest BCUT2D eigenvalue weighted by atomic mass is 19.4. The van der Waals surface area contributed by atoms with Crippen molar-refractivity contribution in [1.82, 2.24) is 20.4 Å². The highest BCUT2D eigenvalue weighted by molar-refractivity contribution is 5.94. The van der Waals surface area contributed by atoms with Gasteiger partial charge in [0, 0.05) is 37.3 Å². The Balaban J connectivity index is 1.61. The zero-order chi connectivity index (χ0) is 21.7. The first-order valence-electron chi connectivity index (χ1n) is 9.05. The number of alkyl halides is 3. The summed E-state index contributed by atoms with van der Waals surface area (Å²) in [4.78, 5) is 23.3. The molecule has 0 saturated heterocycles. The van der Waals surface area contributed by atoms with Gasteiger partial charge in [-0.15, -0.1) is 0 Å². The second kappa shape index (κ2) is 8.81. The van der Waals surface area contributed by atoms with Crippen LogP contribution in [0.25, 0.3) is 5.69 Å². The second-order valence-electron chi connectivity index (χ2n) is 6.63. The molecule has 30 heavy (non-hydrogen) atoms. The summed E-state index contributed by atoms with van der Waals surface area (Å²) < 4.78 is 39.9. The molecule has 1 heterocycles. The molecule has 0 radical (unpaired) electrons. The average molecular weight is 416 g/mol. The van der Waals surface area contributed by atoms with Gasteiger partial charge in [-0.1, -0.05) is 12.1 Å². The van der Waals surface area contributed by atoms with Crippen LogP contribution in [0.4, 0.5) is 13.2 Å². The number of hydrogen-bond acceptors (Lipinski definition) is 3. The minimum absolute atomic E-state index is 0.0177. The van der Waals surface area contributed by atoms with Crippen LogP contribution < -0.4 is 10.6 Å². The Bertz CT molecular complexity index is 1040. The lowest BCUT2D eigenvalue weighted by molar-refractivity contribution is -0.137. The summed E-state index contributed by atoms with van der Waals surface area (Å²) in [5.41, 5.74) is 1.52. The number of halogens is 3. The summed E-state index contributed by atoms with van der Waals surface area (Å²) in [6, 6.07) is 11.4. The first-order chi connectivity index (χ1) is 14.2. The number of nitrogens with one attached hydrogen (secondary N) is 2. The summed E-state index contributed by atoms with van der Waals surface area (Å²) in [6.07, 6.45) is -1.03. The van der Waals surface area contributed by atoms with E-state index in [1.54, 1.807) is 41.3 Å². The molecule has 3 rings (SSSR count). The van der Waals surface area contributed by atoms with Crippen molar-refractivity contribution in [1.29, 1.82) is 0 Å². The molecule has 0 saturated carbocycles. The number of carbonyl (C=O) groups is 2. The Hall–Kier alpha value is -3.62. The average Bonchev–Trinajstić information content (AvgIpc) is 3.19. The van der Waals surface area contributed by atoms with Crippen LogP contribution >= 0.6 is 0 Å². The quantitative estimate of drug-likeness (QED) is 0.646. The third-order valence-electron chi connectivity index (χ3n) is 4.28. The monoisotopic (exact) mass is 416 g/mol. The maximum Gasteiger partial charge on any atom is 0.416 e. The maximum atomic E-state index is 12.8. The van der Waals surface area contributed by atoms with Gasteiger partial charge in [0.25, 0.3) is 5.91 Å². The Morgan fingerprint density at radius 1 is 1.00 bits per heavy atom. The molecule has 3 aromatic rings. The largest absolute Gasteiger partial charge is 0.416 e. The minimum atomic E-state index is -4.43. The summed E-state index contributed by atoms with van der Waals surface area (Å²) in [6.45, 7) is 1.78. The number of nitrogens with zero attached hydrogens (tertiary/aromatic N) is 2. The Morgan fingerprint density at radius 3 is 2.37 bits per heavy atom.